The van der Waals surface area contributed by atoms with Crippen molar-refractivity contribution >= 4 is 39.9 Å². The van der Waals surface area contributed by atoms with Crippen LogP contribution >= 0.6 is 11.6 Å². The number of amides is 2. The molecule has 3 fully saturated rings. The van der Waals surface area contributed by atoms with Crippen molar-refractivity contribution in [2.24, 2.45) is 11.8 Å². The van der Waals surface area contributed by atoms with Crippen molar-refractivity contribution < 1.29 is 23.8 Å². The van der Waals surface area contributed by atoms with Crippen LogP contribution in [0.4, 0.5) is 5.69 Å². The predicted molar refractivity (Wildman–Crippen MR) is 135 cm³/mol. The van der Waals surface area contributed by atoms with Gasteiger partial charge in [-0.25, -0.2) is 9.88 Å². The number of methoxy groups -OCH3 is 1. The van der Waals surface area contributed by atoms with E-state index in [-0.39, 0.29) is 24.5 Å². The van der Waals surface area contributed by atoms with Crippen molar-refractivity contribution in [3.8, 4) is 11.9 Å². The van der Waals surface area contributed by atoms with Gasteiger partial charge >= 0.3 is 0 Å². The molecule has 5 unspecified atom stereocenters. The first-order valence-corrected chi connectivity index (χ1v) is 12.5. The van der Waals surface area contributed by atoms with Gasteiger partial charge in [0.15, 0.2) is 0 Å². The van der Waals surface area contributed by atoms with Crippen LogP contribution in [0.25, 0.3) is 10.8 Å². The molecule has 2 amide bonds. The first kappa shape index (κ1) is 23.9. The molecule has 9 heteroatoms. The second-order valence-electron chi connectivity index (χ2n) is 9.95. The monoisotopic (exact) mass is 517 g/mol. The average Bonchev–Trinajstić information content (AvgIpc) is 3.46. The molecule has 3 aromatic rings. The lowest BCUT2D eigenvalue weighted by Gasteiger charge is -2.35. The Morgan fingerprint density at radius 2 is 1.95 bits per heavy atom. The van der Waals surface area contributed by atoms with E-state index in [1.807, 2.05) is 37.3 Å². The van der Waals surface area contributed by atoms with Gasteiger partial charge in [-0.2, -0.15) is 5.26 Å². The number of aromatic nitrogens is 1. The topological polar surface area (TPSA) is 102 Å². The molecule has 6 rings (SSSR count). The number of hydrogen-bond acceptors (Lipinski definition) is 7. The van der Waals surface area contributed by atoms with Gasteiger partial charge in [-0.05, 0) is 24.4 Å². The molecule has 5 atom stereocenters. The maximum absolute atomic E-state index is 14.0. The molecule has 3 aliphatic rings. The number of ether oxygens (including phenoxy) is 3. The largest absolute Gasteiger partial charge is 0.478 e. The van der Waals surface area contributed by atoms with Gasteiger partial charge in [-0.3, -0.25) is 9.59 Å². The van der Waals surface area contributed by atoms with Crippen LogP contribution in [-0.4, -0.2) is 47.8 Å². The van der Waals surface area contributed by atoms with Crippen LogP contribution in [0.1, 0.15) is 25.3 Å². The van der Waals surface area contributed by atoms with Crippen LogP contribution in [0.2, 0.25) is 5.02 Å². The first-order chi connectivity index (χ1) is 17.8. The second kappa shape index (κ2) is 8.52. The molecule has 0 aliphatic carbocycles. The van der Waals surface area contributed by atoms with E-state index in [9.17, 15) is 14.9 Å². The summed E-state index contributed by atoms with van der Waals surface area (Å²) >= 11 is 5.91. The fraction of sp³-hybridized carbons (Fsp3) is 0.357. The number of fused-ring (bicyclic) bond motifs is 6. The summed E-state index contributed by atoms with van der Waals surface area (Å²) in [5.41, 5.74) is -1.33. The second-order valence-corrected chi connectivity index (χ2v) is 10.4. The smallest absolute Gasteiger partial charge is 0.240 e. The van der Waals surface area contributed by atoms with Gasteiger partial charge in [0.25, 0.3) is 0 Å². The van der Waals surface area contributed by atoms with E-state index in [4.69, 9.17) is 25.8 Å². The minimum Gasteiger partial charge on any atom is -0.478 e. The van der Waals surface area contributed by atoms with E-state index in [2.05, 4.69) is 11.1 Å². The third-order valence-corrected chi connectivity index (χ3v) is 8.33. The van der Waals surface area contributed by atoms with Gasteiger partial charge < -0.3 is 14.2 Å². The summed E-state index contributed by atoms with van der Waals surface area (Å²) in [6, 6.07) is 16.5. The van der Waals surface area contributed by atoms with E-state index in [1.54, 1.807) is 25.3 Å². The number of carbonyl (C=O) groups excluding carboxylic acids is 2. The molecule has 3 aliphatic heterocycles. The number of benzene rings is 2. The van der Waals surface area contributed by atoms with Crippen LogP contribution in [0.3, 0.4) is 0 Å². The average molecular weight is 518 g/mol. The first-order valence-electron chi connectivity index (χ1n) is 12.1. The molecule has 0 radical (unpaired) electrons. The number of imide groups is 1. The molecule has 0 N–H and O–H groups in total. The zero-order chi connectivity index (χ0) is 25.9. The number of halogens is 1. The van der Waals surface area contributed by atoms with Crippen molar-refractivity contribution in [2.75, 3.05) is 18.6 Å². The molecule has 8 nitrogen and oxygen atoms in total. The molecule has 0 saturated carbocycles. The number of rotatable bonds is 6. The van der Waals surface area contributed by atoms with Gasteiger partial charge in [0.1, 0.15) is 11.7 Å². The van der Waals surface area contributed by atoms with E-state index >= 15 is 0 Å². The molecule has 4 heterocycles. The van der Waals surface area contributed by atoms with Crippen molar-refractivity contribution in [1.82, 2.24) is 4.98 Å². The molecule has 188 valence electrons. The predicted octanol–water partition coefficient (Wildman–Crippen LogP) is 4.28. The highest BCUT2D eigenvalue weighted by atomic mass is 35.5. The number of anilines is 1. The molecule has 3 saturated heterocycles. The summed E-state index contributed by atoms with van der Waals surface area (Å²) in [6.07, 6.45) is 1.95. The Labute approximate surface area is 218 Å². The zero-order valence-corrected chi connectivity index (χ0v) is 21.1. The lowest BCUT2D eigenvalue weighted by molar-refractivity contribution is -0.135. The van der Waals surface area contributed by atoms with E-state index < -0.39 is 23.0 Å². The molecular weight excluding hydrogens is 494 g/mol. The maximum Gasteiger partial charge on any atom is 0.240 e. The minimum absolute atomic E-state index is 0.227. The molecular formula is C28H24ClN3O5. The van der Waals surface area contributed by atoms with Gasteiger partial charge in [0, 0.05) is 37.6 Å². The van der Waals surface area contributed by atoms with Crippen LogP contribution in [0.5, 0.6) is 5.88 Å². The van der Waals surface area contributed by atoms with E-state index in [1.165, 1.54) is 11.1 Å². The van der Waals surface area contributed by atoms with E-state index in [0.717, 1.165) is 5.39 Å². The van der Waals surface area contributed by atoms with Crippen LogP contribution in [-0.2, 0) is 19.1 Å². The third-order valence-electron chi connectivity index (χ3n) is 8.10. The Morgan fingerprint density at radius 3 is 2.68 bits per heavy atom. The van der Waals surface area contributed by atoms with Crippen LogP contribution in [0, 0.1) is 23.2 Å². The minimum atomic E-state index is -0.983. The van der Waals surface area contributed by atoms with Gasteiger partial charge in [0.05, 0.1) is 46.4 Å². The summed E-state index contributed by atoms with van der Waals surface area (Å²) in [6.45, 7) is 2.07. The van der Waals surface area contributed by atoms with Crippen molar-refractivity contribution in [2.45, 2.75) is 37.1 Å². The summed E-state index contributed by atoms with van der Waals surface area (Å²) in [5.74, 6) is -1.76. The third kappa shape index (κ3) is 3.38. The van der Waals surface area contributed by atoms with E-state index in [0.29, 0.717) is 40.4 Å². The molecule has 1 aromatic heterocycles. The summed E-state index contributed by atoms with van der Waals surface area (Å²) in [5, 5.41) is 12.1. The summed E-state index contributed by atoms with van der Waals surface area (Å²) in [7, 11) is 1.59. The van der Waals surface area contributed by atoms with Crippen LogP contribution < -0.4 is 9.64 Å². The SMILES string of the molecule is COC1CC2(CCOc3ccc(Cl)cn3)OC1(C)C1C(=O)N(c3ccc4ccccc4c3C#N)C(=O)C12. The Hall–Kier alpha value is -3.51. The molecule has 37 heavy (non-hydrogen) atoms. The van der Waals surface area contributed by atoms with Crippen molar-refractivity contribution in [3.05, 3.63) is 65.3 Å². The number of pyridine rings is 1. The highest BCUT2D eigenvalue weighted by Gasteiger charge is 2.77. The normalized spacial score (nSPS) is 30.1. The fourth-order valence-corrected chi connectivity index (χ4v) is 6.61. The lowest BCUT2D eigenvalue weighted by atomic mass is 9.66. The van der Waals surface area contributed by atoms with Crippen molar-refractivity contribution in [3.63, 3.8) is 0 Å². The van der Waals surface area contributed by atoms with Gasteiger partial charge in [-0.1, -0.05) is 41.9 Å². The van der Waals surface area contributed by atoms with Gasteiger partial charge in [-0.15, -0.1) is 0 Å². The Kier molecular flexibility index (Phi) is 5.50. The zero-order valence-electron chi connectivity index (χ0n) is 20.3. The lowest BCUT2D eigenvalue weighted by Crippen LogP contribution is -2.50. The number of carbonyl (C=O) groups is 2. The number of nitrogens with zero attached hydrogens (tertiary/aromatic N) is 3. The van der Waals surface area contributed by atoms with Gasteiger partial charge in [0.2, 0.25) is 17.7 Å². The van der Waals surface area contributed by atoms with Crippen molar-refractivity contribution in [1.29, 1.82) is 5.26 Å². The highest BCUT2D eigenvalue weighted by Crippen LogP contribution is 2.63. The molecule has 2 aromatic carbocycles. The fourth-order valence-electron chi connectivity index (χ4n) is 6.50. The summed E-state index contributed by atoms with van der Waals surface area (Å²) < 4.78 is 18.1. The molecule has 2 bridgehead atoms. The Morgan fingerprint density at radius 1 is 1.16 bits per heavy atom. The quantitative estimate of drug-likeness (QED) is 0.450. The Balaban J connectivity index is 1.36. The summed E-state index contributed by atoms with van der Waals surface area (Å²) in [4.78, 5) is 33.3. The number of nitriles is 1. The highest BCUT2D eigenvalue weighted by molar-refractivity contribution is 6.30. The van der Waals surface area contributed by atoms with Crippen LogP contribution in [0.15, 0.2) is 54.7 Å². The maximum atomic E-state index is 14.0. The standard InChI is InChI=1S/C28H24ClN3O5/c1-27-21(35-2)13-28(37-27,11-12-36-22-10-8-17(29)15-31-22)24-23(27)25(33)32(26(24)34)20-9-7-16-5-3-4-6-18(16)19(20)14-30/h3-10,15,21,23-24H,11-13H2,1-2H3. The number of hydrogen-bond donors (Lipinski definition) is 0. The Bertz CT molecular complexity index is 1470. The molecule has 0 spiro atoms.